The molecule has 1 aromatic heterocycles. The summed E-state index contributed by atoms with van der Waals surface area (Å²) in [5.74, 6) is -3.11. The van der Waals surface area contributed by atoms with Gasteiger partial charge in [-0.15, -0.1) is 0 Å². The maximum Gasteiger partial charge on any atom is 0.362 e. The van der Waals surface area contributed by atoms with E-state index in [0.29, 0.717) is 5.82 Å². The second-order valence-electron chi connectivity index (χ2n) is 4.65. The summed E-state index contributed by atoms with van der Waals surface area (Å²) in [5, 5.41) is 3.03. The molecular weight excluding hydrogens is 278 g/mol. The first-order valence-corrected chi connectivity index (χ1v) is 6.37. The van der Waals surface area contributed by atoms with Crippen LogP contribution >= 0.6 is 0 Å². The molecule has 0 bridgehead atoms. The van der Waals surface area contributed by atoms with Crippen molar-refractivity contribution in [2.45, 2.75) is 19.9 Å². The summed E-state index contributed by atoms with van der Waals surface area (Å²) in [6, 6.07) is 8.26. The molecule has 6 heteroatoms. The minimum atomic E-state index is -1.21. The molecule has 1 heterocycles. The van der Waals surface area contributed by atoms with Crippen LogP contribution in [-0.4, -0.2) is 17.0 Å². The standard InChI is InChI=1S/C15H14F2N2O2/c1-9(2)18-13-8-4-6-11(19-13)15(20)21-12-7-3-5-10(16)14(12)17/h3-9H,1-2H3,(H,18,19). The van der Waals surface area contributed by atoms with E-state index in [2.05, 4.69) is 10.3 Å². The fourth-order valence-corrected chi connectivity index (χ4v) is 1.64. The molecule has 0 saturated heterocycles. The van der Waals surface area contributed by atoms with Crippen molar-refractivity contribution in [2.24, 2.45) is 0 Å². The van der Waals surface area contributed by atoms with Gasteiger partial charge in [-0.2, -0.15) is 4.39 Å². The predicted molar refractivity (Wildman–Crippen MR) is 74.3 cm³/mol. The van der Waals surface area contributed by atoms with E-state index in [9.17, 15) is 13.6 Å². The van der Waals surface area contributed by atoms with Crippen LogP contribution in [0.25, 0.3) is 0 Å². The third-order valence-corrected chi connectivity index (χ3v) is 2.51. The van der Waals surface area contributed by atoms with E-state index < -0.39 is 23.4 Å². The van der Waals surface area contributed by atoms with Crippen molar-refractivity contribution in [2.75, 3.05) is 5.32 Å². The Morgan fingerprint density at radius 3 is 2.62 bits per heavy atom. The van der Waals surface area contributed by atoms with E-state index in [1.165, 1.54) is 18.2 Å². The molecule has 0 aliphatic rings. The lowest BCUT2D eigenvalue weighted by Crippen LogP contribution is -2.15. The Kier molecular flexibility index (Phi) is 4.47. The molecule has 4 nitrogen and oxygen atoms in total. The number of rotatable bonds is 4. The fourth-order valence-electron chi connectivity index (χ4n) is 1.64. The van der Waals surface area contributed by atoms with E-state index >= 15 is 0 Å². The number of carbonyl (C=O) groups is 1. The summed E-state index contributed by atoms with van der Waals surface area (Å²) in [7, 11) is 0. The van der Waals surface area contributed by atoms with Gasteiger partial charge in [0.2, 0.25) is 5.82 Å². The summed E-state index contributed by atoms with van der Waals surface area (Å²) >= 11 is 0. The summed E-state index contributed by atoms with van der Waals surface area (Å²) in [4.78, 5) is 16.0. The number of halogens is 2. The summed E-state index contributed by atoms with van der Waals surface area (Å²) in [5.41, 5.74) is 0.00399. The lowest BCUT2D eigenvalue weighted by molar-refractivity contribution is 0.0720. The zero-order valence-electron chi connectivity index (χ0n) is 11.6. The topological polar surface area (TPSA) is 51.2 Å². The molecule has 0 aliphatic carbocycles. The van der Waals surface area contributed by atoms with Crippen molar-refractivity contribution in [3.8, 4) is 5.75 Å². The van der Waals surface area contributed by atoms with Crippen molar-refractivity contribution in [1.29, 1.82) is 0 Å². The zero-order valence-corrected chi connectivity index (χ0v) is 11.6. The Balaban J connectivity index is 2.18. The van der Waals surface area contributed by atoms with Gasteiger partial charge in [-0.1, -0.05) is 12.1 Å². The van der Waals surface area contributed by atoms with Gasteiger partial charge in [0, 0.05) is 6.04 Å². The highest BCUT2D eigenvalue weighted by atomic mass is 19.2. The Morgan fingerprint density at radius 2 is 1.90 bits per heavy atom. The van der Waals surface area contributed by atoms with Crippen LogP contribution in [-0.2, 0) is 0 Å². The number of ether oxygens (including phenoxy) is 1. The number of hydrogen-bond acceptors (Lipinski definition) is 4. The van der Waals surface area contributed by atoms with Crippen molar-refractivity contribution >= 4 is 11.8 Å². The summed E-state index contributed by atoms with van der Waals surface area (Å²) in [6.45, 7) is 3.85. The van der Waals surface area contributed by atoms with Gasteiger partial charge < -0.3 is 10.1 Å². The molecular formula is C15H14F2N2O2. The molecule has 1 N–H and O–H groups in total. The number of nitrogens with one attached hydrogen (secondary N) is 1. The molecule has 0 spiro atoms. The molecule has 0 aliphatic heterocycles. The van der Waals surface area contributed by atoms with Crippen LogP contribution in [0, 0.1) is 11.6 Å². The van der Waals surface area contributed by atoms with Crippen LogP contribution in [0.3, 0.4) is 0 Å². The highest BCUT2D eigenvalue weighted by molar-refractivity contribution is 5.89. The Morgan fingerprint density at radius 1 is 1.19 bits per heavy atom. The van der Waals surface area contributed by atoms with E-state index in [1.807, 2.05) is 13.8 Å². The van der Waals surface area contributed by atoms with Gasteiger partial charge in [0.25, 0.3) is 0 Å². The first kappa shape index (κ1) is 14.9. The van der Waals surface area contributed by atoms with Crippen LogP contribution in [0.4, 0.5) is 14.6 Å². The van der Waals surface area contributed by atoms with E-state index in [-0.39, 0.29) is 11.7 Å². The monoisotopic (exact) mass is 292 g/mol. The second-order valence-corrected chi connectivity index (χ2v) is 4.65. The van der Waals surface area contributed by atoms with Gasteiger partial charge in [0.05, 0.1) is 0 Å². The molecule has 0 unspecified atom stereocenters. The Bertz CT molecular complexity index is 660. The maximum atomic E-state index is 13.4. The van der Waals surface area contributed by atoms with Gasteiger partial charge >= 0.3 is 5.97 Å². The number of aromatic nitrogens is 1. The average molecular weight is 292 g/mol. The number of pyridine rings is 1. The first-order valence-electron chi connectivity index (χ1n) is 6.37. The Hall–Kier alpha value is -2.50. The van der Waals surface area contributed by atoms with Crippen LogP contribution in [0.5, 0.6) is 5.75 Å². The van der Waals surface area contributed by atoms with Gasteiger partial charge in [-0.25, -0.2) is 14.2 Å². The van der Waals surface area contributed by atoms with Crippen LogP contribution in [0.15, 0.2) is 36.4 Å². The van der Waals surface area contributed by atoms with Gasteiger partial charge in [0.1, 0.15) is 5.82 Å². The largest absolute Gasteiger partial charge is 0.419 e. The van der Waals surface area contributed by atoms with Gasteiger partial charge in [-0.3, -0.25) is 0 Å². The minimum Gasteiger partial charge on any atom is -0.419 e. The van der Waals surface area contributed by atoms with Gasteiger partial charge in [-0.05, 0) is 38.1 Å². The Labute approximate surface area is 120 Å². The third-order valence-electron chi connectivity index (χ3n) is 2.51. The third kappa shape index (κ3) is 3.75. The number of nitrogens with zero attached hydrogens (tertiary/aromatic N) is 1. The van der Waals surface area contributed by atoms with Crippen molar-refractivity contribution in [3.05, 3.63) is 53.7 Å². The normalized spacial score (nSPS) is 10.5. The quantitative estimate of drug-likeness (QED) is 0.693. The molecule has 0 atom stereocenters. The molecule has 2 rings (SSSR count). The van der Waals surface area contributed by atoms with Crippen molar-refractivity contribution in [1.82, 2.24) is 4.98 Å². The van der Waals surface area contributed by atoms with Crippen LogP contribution < -0.4 is 10.1 Å². The summed E-state index contributed by atoms with van der Waals surface area (Å²) < 4.78 is 31.3. The molecule has 2 aromatic rings. The smallest absolute Gasteiger partial charge is 0.362 e. The molecule has 0 fully saturated rings. The number of carbonyl (C=O) groups excluding carboxylic acids is 1. The van der Waals surface area contributed by atoms with Crippen LogP contribution in [0.2, 0.25) is 0 Å². The maximum absolute atomic E-state index is 13.4. The number of benzene rings is 1. The molecule has 0 radical (unpaired) electrons. The zero-order chi connectivity index (χ0) is 15.4. The molecule has 21 heavy (non-hydrogen) atoms. The van der Waals surface area contributed by atoms with Crippen molar-refractivity contribution < 1.29 is 18.3 Å². The molecule has 0 saturated carbocycles. The second kappa shape index (κ2) is 6.30. The summed E-state index contributed by atoms with van der Waals surface area (Å²) in [6.07, 6.45) is 0. The number of hydrogen-bond donors (Lipinski definition) is 1. The highest BCUT2D eigenvalue weighted by Gasteiger charge is 2.16. The minimum absolute atomic E-state index is 0.00399. The average Bonchev–Trinajstić information content (AvgIpc) is 2.43. The molecule has 1 aromatic carbocycles. The molecule has 110 valence electrons. The van der Waals surface area contributed by atoms with Crippen molar-refractivity contribution in [3.63, 3.8) is 0 Å². The van der Waals surface area contributed by atoms with Crippen LogP contribution in [0.1, 0.15) is 24.3 Å². The lowest BCUT2D eigenvalue weighted by Gasteiger charge is -2.10. The molecule has 0 amide bonds. The van der Waals surface area contributed by atoms with Gasteiger partial charge in [0.15, 0.2) is 17.3 Å². The van der Waals surface area contributed by atoms with E-state index in [1.54, 1.807) is 12.1 Å². The lowest BCUT2D eigenvalue weighted by atomic mass is 10.3. The predicted octanol–water partition coefficient (Wildman–Crippen LogP) is 3.40. The number of anilines is 1. The number of esters is 1. The fraction of sp³-hybridized carbons (Fsp3) is 0.200. The van der Waals surface area contributed by atoms with E-state index in [0.717, 1.165) is 6.07 Å². The SMILES string of the molecule is CC(C)Nc1cccc(C(=O)Oc2cccc(F)c2F)n1. The first-order chi connectivity index (χ1) is 9.97. The highest BCUT2D eigenvalue weighted by Crippen LogP contribution is 2.20. The van der Waals surface area contributed by atoms with E-state index in [4.69, 9.17) is 4.74 Å².